The number of rotatable bonds is 2. The predicted octanol–water partition coefficient (Wildman–Crippen LogP) is 3.16. The fourth-order valence-electron chi connectivity index (χ4n) is 3.56. The molecule has 116 valence electrons. The van der Waals surface area contributed by atoms with E-state index in [1.165, 1.54) is 12.1 Å². The van der Waals surface area contributed by atoms with Crippen LogP contribution in [0.25, 0.3) is 11.0 Å². The molecule has 1 N–H and O–H groups in total. The third-order valence-corrected chi connectivity index (χ3v) is 5.32. The highest BCUT2D eigenvalue weighted by Gasteiger charge is 2.35. The molecule has 4 heterocycles. The van der Waals surface area contributed by atoms with Crippen LogP contribution >= 0.6 is 15.9 Å². The van der Waals surface area contributed by atoms with Crippen LogP contribution in [0.5, 0.6) is 0 Å². The third-order valence-electron chi connectivity index (χ3n) is 4.73. The Morgan fingerprint density at radius 1 is 1.32 bits per heavy atom. The van der Waals surface area contributed by atoms with E-state index in [4.69, 9.17) is 4.42 Å². The molecule has 6 heteroatoms. The van der Waals surface area contributed by atoms with Gasteiger partial charge in [-0.25, -0.2) is 4.39 Å². The van der Waals surface area contributed by atoms with Crippen LogP contribution < -0.4 is 5.32 Å². The van der Waals surface area contributed by atoms with E-state index in [9.17, 15) is 9.18 Å². The smallest absolute Gasteiger partial charge is 0.287 e. The van der Waals surface area contributed by atoms with Gasteiger partial charge in [-0.05, 0) is 66.0 Å². The second-order valence-electron chi connectivity index (χ2n) is 6.13. The lowest BCUT2D eigenvalue weighted by molar-refractivity contribution is 0.0607. The van der Waals surface area contributed by atoms with Crippen LogP contribution in [0, 0.1) is 11.7 Å². The van der Waals surface area contributed by atoms with Gasteiger partial charge in [0.25, 0.3) is 5.91 Å². The molecule has 0 saturated carbocycles. The number of fused-ring (bicyclic) bond motifs is 4. The van der Waals surface area contributed by atoms with Crippen molar-refractivity contribution in [2.24, 2.45) is 5.92 Å². The molecule has 1 amide bonds. The molecular weight excluding hydrogens is 351 g/mol. The van der Waals surface area contributed by atoms with Crippen LogP contribution in [-0.4, -0.2) is 36.5 Å². The van der Waals surface area contributed by atoms with Crippen LogP contribution in [0.1, 0.15) is 23.4 Å². The molecule has 1 aromatic heterocycles. The van der Waals surface area contributed by atoms with Crippen molar-refractivity contribution < 1.29 is 13.6 Å². The molecular formula is C16H16BrFN2O2. The zero-order chi connectivity index (χ0) is 15.3. The minimum absolute atomic E-state index is 0.184. The molecule has 3 aliphatic heterocycles. The maximum atomic E-state index is 13.4. The molecule has 1 atom stereocenters. The molecule has 5 rings (SSSR count). The number of piperidine rings is 3. The highest BCUT2D eigenvalue weighted by Crippen LogP contribution is 2.30. The summed E-state index contributed by atoms with van der Waals surface area (Å²) in [6, 6.07) is 4.48. The van der Waals surface area contributed by atoms with E-state index in [2.05, 4.69) is 26.1 Å². The van der Waals surface area contributed by atoms with E-state index >= 15 is 0 Å². The summed E-state index contributed by atoms with van der Waals surface area (Å²) in [5.74, 6) is 0.215. The number of halogens is 2. The van der Waals surface area contributed by atoms with Crippen molar-refractivity contribution in [3.05, 3.63) is 34.2 Å². The van der Waals surface area contributed by atoms with E-state index in [1.54, 1.807) is 6.07 Å². The molecule has 2 aromatic rings. The standard InChI is InChI=1S/C16H16BrFN2O2/c17-12-7-11(18)5-10-6-14(22-15(10)12)16(21)19-13-8-20-3-1-9(13)2-4-20/h5-7,9,13H,1-4,8H2,(H,19,21)/t13-/m0/s1. The molecule has 22 heavy (non-hydrogen) atoms. The van der Waals surface area contributed by atoms with Gasteiger partial charge in [-0.2, -0.15) is 0 Å². The van der Waals surface area contributed by atoms with Crippen LogP contribution in [0.2, 0.25) is 0 Å². The lowest BCUT2D eigenvalue weighted by Crippen LogP contribution is -2.57. The average molecular weight is 367 g/mol. The number of amides is 1. The van der Waals surface area contributed by atoms with Gasteiger partial charge in [0.05, 0.1) is 4.47 Å². The summed E-state index contributed by atoms with van der Waals surface area (Å²) in [6.07, 6.45) is 2.28. The van der Waals surface area contributed by atoms with Gasteiger partial charge < -0.3 is 14.6 Å². The molecule has 0 unspecified atom stereocenters. The van der Waals surface area contributed by atoms with Gasteiger partial charge in [0.2, 0.25) is 0 Å². The average Bonchev–Trinajstić information content (AvgIpc) is 2.93. The Labute approximate surface area is 135 Å². The van der Waals surface area contributed by atoms with Crippen LogP contribution in [0.15, 0.2) is 27.1 Å². The van der Waals surface area contributed by atoms with Gasteiger partial charge in [-0.3, -0.25) is 4.79 Å². The van der Waals surface area contributed by atoms with Gasteiger partial charge in [0, 0.05) is 18.0 Å². The first-order chi connectivity index (χ1) is 10.6. The number of hydrogen-bond acceptors (Lipinski definition) is 3. The quantitative estimate of drug-likeness (QED) is 0.887. The molecule has 3 aliphatic rings. The highest BCUT2D eigenvalue weighted by molar-refractivity contribution is 9.10. The minimum atomic E-state index is -0.357. The zero-order valence-corrected chi connectivity index (χ0v) is 13.5. The molecule has 4 nitrogen and oxygen atoms in total. The van der Waals surface area contributed by atoms with Crippen LogP contribution in [0.3, 0.4) is 0 Å². The Morgan fingerprint density at radius 2 is 2.09 bits per heavy atom. The third kappa shape index (κ3) is 2.44. The molecule has 3 saturated heterocycles. The molecule has 0 spiro atoms. The predicted molar refractivity (Wildman–Crippen MR) is 84.3 cm³/mol. The summed E-state index contributed by atoms with van der Waals surface area (Å²) < 4.78 is 19.5. The van der Waals surface area contributed by atoms with Crippen molar-refractivity contribution in [2.45, 2.75) is 18.9 Å². The normalized spacial score (nSPS) is 27.3. The second kappa shape index (κ2) is 5.35. The molecule has 0 aliphatic carbocycles. The largest absolute Gasteiger partial charge is 0.450 e. The minimum Gasteiger partial charge on any atom is -0.450 e. The number of carbonyl (C=O) groups is 1. The van der Waals surface area contributed by atoms with E-state index < -0.39 is 0 Å². The summed E-state index contributed by atoms with van der Waals surface area (Å²) in [5.41, 5.74) is 0.500. The summed E-state index contributed by atoms with van der Waals surface area (Å²) >= 11 is 3.26. The highest BCUT2D eigenvalue weighted by atomic mass is 79.9. The van der Waals surface area contributed by atoms with Crippen molar-refractivity contribution in [1.29, 1.82) is 0 Å². The molecule has 0 radical (unpaired) electrons. The van der Waals surface area contributed by atoms with E-state index in [0.29, 0.717) is 21.4 Å². The number of carbonyl (C=O) groups excluding carboxylic acids is 1. The van der Waals surface area contributed by atoms with Crippen LogP contribution in [-0.2, 0) is 0 Å². The Kier molecular flexibility index (Phi) is 3.46. The van der Waals surface area contributed by atoms with Gasteiger partial charge >= 0.3 is 0 Å². The van der Waals surface area contributed by atoms with E-state index in [-0.39, 0.29) is 23.5 Å². The zero-order valence-electron chi connectivity index (χ0n) is 11.9. The maximum absolute atomic E-state index is 13.4. The van der Waals surface area contributed by atoms with Crippen molar-refractivity contribution >= 4 is 32.8 Å². The van der Waals surface area contributed by atoms with Gasteiger partial charge in [0.15, 0.2) is 5.76 Å². The van der Waals surface area contributed by atoms with Gasteiger partial charge in [-0.15, -0.1) is 0 Å². The SMILES string of the molecule is O=C(N[C@H]1CN2CCC1CC2)c1cc2cc(F)cc(Br)c2o1. The number of nitrogens with zero attached hydrogens (tertiary/aromatic N) is 1. The Balaban J connectivity index is 1.56. The van der Waals surface area contributed by atoms with Gasteiger partial charge in [-0.1, -0.05) is 0 Å². The van der Waals surface area contributed by atoms with Crippen molar-refractivity contribution in [2.75, 3.05) is 19.6 Å². The fourth-order valence-corrected chi connectivity index (χ4v) is 4.08. The fraction of sp³-hybridized carbons (Fsp3) is 0.438. The first kappa shape index (κ1) is 14.2. The van der Waals surface area contributed by atoms with Crippen molar-refractivity contribution in [3.8, 4) is 0 Å². The van der Waals surface area contributed by atoms with E-state index in [1.807, 2.05) is 0 Å². The summed E-state index contributed by atoms with van der Waals surface area (Å²) in [6.45, 7) is 3.18. The Morgan fingerprint density at radius 3 is 2.77 bits per heavy atom. The van der Waals surface area contributed by atoms with E-state index in [0.717, 1.165) is 32.5 Å². The maximum Gasteiger partial charge on any atom is 0.287 e. The van der Waals surface area contributed by atoms with Crippen molar-refractivity contribution in [3.63, 3.8) is 0 Å². The number of benzene rings is 1. The Hall–Kier alpha value is -1.40. The molecule has 3 fully saturated rings. The number of hydrogen-bond donors (Lipinski definition) is 1. The Bertz CT molecular complexity index is 737. The summed E-state index contributed by atoms with van der Waals surface area (Å²) in [4.78, 5) is 14.8. The number of nitrogens with one attached hydrogen (secondary N) is 1. The molecule has 2 bridgehead atoms. The van der Waals surface area contributed by atoms with Crippen LogP contribution in [0.4, 0.5) is 4.39 Å². The monoisotopic (exact) mass is 366 g/mol. The second-order valence-corrected chi connectivity index (χ2v) is 6.99. The van der Waals surface area contributed by atoms with Crippen molar-refractivity contribution in [1.82, 2.24) is 10.2 Å². The topological polar surface area (TPSA) is 45.5 Å². The number of furan rings is 1. The molecule has 1 aromatic carbocycles. The summed E-state index contributed by atoms with van der Waals surface area (Å²) in [7, 11) is 0. The summed E-state index contributed by atoms with van der Waals surface area (Å²) in [5, 5.41) is 3.67. The lowest BCUT2D eigenvalue weighted by atomic mass is 9.84. The lowest BCUT2D eigenvalue weighted by Gasteiger charge is -2.44. The first-order valence-electron chi connectivity index (χ1n) is 7.52. The first-order valence-corrected chi connectivity index (χ1v) is 8.31. The van der Waals surface area contributed by atoms with Gasteiger partial charge in [0.1, 0.15) is 11.4 Å².